The van der Waals surface area contributed by atoms with Gasteiger partial charge in [0.2, 0.25) is 5.13 Å². The molecular formula is C17H21N3O3S. The largest absolute Gasteiger partial charge is 0.490 e. The Bertz CT molecular complexity index is 713. The van der Waals surface area contributed by atoms with E-state index in [1.807, 2.05) is 13.8 Å². The minimum Gasteiger partial charge on any atom is -0.490 e. The molecule has 0 unspecified atom stereocenters. The van der Waals surface area contributed by atoms with E-state index < -0.39 is 0 Å². The Kier molecular flexibility index (Phi) is 5.30. The summed E-state index contributed by atoms with van der Waals surface area (Å²) in [5.74, 6) is 1.54. The van der Waals surface area contributed by atoms with E-state index in [4.69, 9.17) is 9.47 Å². The van der Waals surface area contributed by atoms with E-state index in [2.05, 4.69) is 15.5 Å². The van der Waals surface area contributed by atoms with Crippen molar-refractivity contribution in [3.63, 3.8) is 0 Å². The third-order valence-electron chi connectivity index (χ3n) is 3.56. The molecule has 6 nitrogen and oxygen atoms in total. The van der Waals surface area contributed by atoms with Gasteiger partial charge >= 0.3 is 0 Å². The standard InChI is InChI=1S/C17H21N3O3S/c1-3-9-23-13-8-7-12(10-14(13)22-4-2)15(21)18-17-20-19-16(24-17)11-5-6-11/h7-8,10-11H,3-6,9H2,1-2H3,(H,18,20,21). The molecule has 0 radical (unpaired) electrons. The van der Waals surface area contributed by atoms with Crippen LogP contribution in [-0.4, -0.2) is 29.3 Å². The molecule has 1 amide bonds. The van der Waals surface area contributed by atoms with Gasteiger partial charge in [-0.15, -0.1) is 10.2 Å². The Balaban J connectivity index is 1.71. The fraction of sp³-hybridized carbons (Fsp3) is 0.471. The Hall–Kier alpha value is -2.15. The maximum atomic E-state index is 12.4. The van der Waals surface area contributed by atoms with Crippen LogP contribution in [0, 0.1) is 0 Å². The van der Waals surface area contributed by atoms with Crippen LogP contribution >= 0.6 is 11.3 Å². The minimum atomic E-state index is -0.225. The Morgan fingerprint density at radius 1 is 1.25 bits per heavy atom. The number of nitrogens with zero attached hydrogens (tertiary/aromatic N) is 2. The van der Waals surface area contributed by atoms with E-state index in [1.165, 1.54) is 24.2 Å². The summed E-state index contributed by atoms with van der Waals surface area (Å²) in [6, 6.07) is 5.20. The molecule has 7 heteroatoms. The molecule has 3 rings (SSSR count). The zero-order valence-electron chi connectivity index (χ0n) is 13.9. The molecule has 1 N–H and O–H groups in total. The van der Waals surface area contributed by atoms with Gasteiger partial charge in [0.25, 0.3) is 5.91 Å². The molecule has 24 heavy (non-hydrogen) atoms. The summed E-state index contributed by atoms with van der Waals surface area (Å²) in [6.07, 6.45) is 3.24. The molecule has 0 bridgehead atoms. The molecule has 128 valence electrons. The van der Waals surface area contributed by atoms with Gasteiger partial charge in [0, 0.05) is 11.5 Å². The van der Waals surface area contributed by atoms with Crippen molar-refractivity contribution >= 4 is 22.4 Å². The molecule has 0 spiro atoms. The lowest BCUT2D eigenvalue weighted by atomic mass is 10.2. The van der Waals surface area contributed by atoms with Gasteiger partial charge in [-0.3, -0.25) is 10.1 Å². The average molecular weight is 347 g/mol. The first-order valence-corrected chi connectivity index (χ1v) is 9.07. The van der Waals surface area contributed by atoms with Gasteiger partial charge in [-0.2, -0.15) is 0 Å². The highest BCUT2D eigenvalue weighted by Crippen LogP contribution is 2.42. The lowest BCUT2D eigenvalue weighted by Crippen LogP contribution is -2.12. The number of anilines is 1. The summed E-state index contributed by atoms with van der Waals surface area (Å²) in [7, 11) is 0. The highest BCUT2D eigenvalue weighted by atomic mass is 32.1. The van der Waals surface area contributed by atoms with Crippen LogP contribution in [0.3, 0.4) is 0 Å². The molecule has 1 fully saturated rings. The normalized spacial score (nSPS) is 13.6. The summed E-state index contributed by atoms with van der Waals surface area (Å²) < 4.78 is 11.2. The molecule has 1 saturated carbocycles. The Morgan fingerprint density at radius 2 is 2.08 bits per heavy atom. The van der Waals surface area contributed by atoms with Crippen LogP contribution in [0.1, 0.15) is 54.4 Å². The van der Waals surface area contributed by atoms with Crippen LogP contribution in [0.5, 0.6) is 11.5 Å². The molecular weight excluding hydrogens is 326 g/mol. The number of carbonyl (C=O) groups excluding carboxylic acids is 1. The molecule has 1 heterocycles. The summed E-state index contributed by atoms with van der Waals surface area (Å²) in [4.78, 5) is 12.4. The highest BCUT2D eigenvalue weighted by Gasteiger charge is 2.27. The molecule has 2 aromatic rings. The van der Waals surface area contributed by atoms with E-state index in [1.54, 1.807) is 18.2 Å². The lowest BCUT2D eigenvalue weighted by molar-refractivity contribution is 0.102. The number of benzene rings is 1. The second-order valence-electron chi connectivity index (χ2n) is 5.62. The second-order valence-corrected chi connectivity index (χ2v) is 6.63. The van der Waals surface area contributed by atoms with Gasteiger partial charge < -0.3 is 9.47 Å². The van der Waals surface area contributed by atoms with Crippen LogP contribution in [0.2, 0.25) is 0 Å². The number of ether oxygens (including phenoxy) is 2. The zero-order chi connectivity index (χ0) is 16.9. The van der Waals surface area contributed by atoms with Crippen molar-refractivity contribution in [3.8, 4) is 11.5 Å². The minimum absolute atomic E-state index is 0.225. The summed E-state index contributed by atoms with van der Waals surface area (Å²) >= 11 is 1.45. The topological polar surface area (TPSA) is 73.3 Å². The predicted molar refractivity (Wildman–Crippen MR) is 93.2 cm³/mol. The summed E-state index contributed by atoms with van der Waals surface area (Å²) in [6.45, 7) is 5.06. The van der Waals surface area contributed by atoms with Crippen molar-refractivity contribution in [2.24, 2.45) is 0 Å². The number of amides is 1. The van der Waals surface area contributed by atoms with Crippen LogP contribution < -0.4 is 14.8 Å². The van der Waals surface area contributed by atoms with Gasteiger partial charge in [-0.05, 0) is 44.4 Å². The van der Waals surface area contributed by atoms with Crippen molar-refractivity contribution in [2.45, 2.75) is 39.0 Å². The van der Waals surface area contributed by atoms with E-state index in [9.17, 15) is 4.79 Å². The maximum absolute atomic E-state index is 12.4. The molecule has 1 aromatic heterocycles. The van der Waals surface area contributed by atoms with Crippen LogP contribution in [0.25, 0.3) is 0 Å². The highest BCUT2D eigenvalue weighted by molar-refractivity contribution is 7.15. The number of hydrogen-bond acceptors (Lipinski definition) is 6. The van der Waals surface area contributed by atoms with Crippen LogP contribution in [-0.2, 0) is 0 Å². The first kappa shape index (κ1) is 16.7. The van der Waals surface area contributed by atoms with Crippen LogP contribution in [0.15, 0.2) is 18.2 Å². The van der Waals surface area contributed by atoms with E-state index in [-0.39, 0.29) is 5.91 Å². The van der Waals surface area contributed by atoms with E-state index in [0.29, 0.717) is 41.3 Å². The first-order chi connectivity index (χ1) is 11.7. The second kappa shape index (κ2) is 7.61. The fourth-order valence-electron chi connectivity index (χ4n) is 2.20. The summed E-state index contributed by atoms with van der Waals surface area (Å²) in [5, 5.41) is 12.5. The number of aromatic nitrogens is 2. The number of nitrogens with one attached hydrogen (secondary N) is 1. The smallest absolute Gasteiger partial charge is 0.257 e. The van der Waals surface area contributed by atoms with Gasteiger partial charge in [-0.1, -0.05) is 18.3 Å². The third kappa shape index (κ3) is 4.03. The van der Waals surface area contributed by atoms with E-state index >= 15 is 0 Å². The summed E-state index contributed by atoms with van der Waals surface area (Å²) in [5.41, 5.74) is 0.505. The van der Waals surface area contributed by atoms with Crippen molar-refractivity contribution in [1.29, 1.82) is 0 Å². The van der Waals surface area contributed by atoms with E-state index in [0.717, 1.165) is 11.4 Å². The zero-order valence-corrected chi connectivity index (χ0v) is 14.7. The molecule has 0 aliphatic heterocycles. The van der Waals surface area contributed by atoms with Crippen molar-refractivity contribution < 1.29 is 14.3 Å². The van der Waals surface area contributed by atoms with Crippen LogP contribution in [0.4, 0.5) is 5.13 Å². The first-order valence-electron chi connectivity index (χ1n) is 8.25. The average Bonchev–Trinajstić information content (AvgIpc) is 3.34. The maximum Gasteiger partial charge on any atom is 0.257 e. The molecule has 0 saturated heterocycles. The van der Waals surface area contributed by atoms with Crippen molar-refractivity contribution in [3.05, 3.63) is 28.8 Å². The SMILES string of the molecule is CCCOc1ccc(C(=O)Nc2nnc(C3CC3)s2)cc1OCC. The number of hydrogen-bond donors (Lipinski definition) is 1. The lowest BCUT2D eigenvalue weighted by Gasteiger charge is -2.12. The van der Waals surface area contributed by atoms with Gasteiger partial charge in [0.05, 0.1) is 13.2 Å². The molecule has 1 aromatic carbocycles. The van der Waals surface area contributed by atoms with Gasteiger partial charge in [0.1, 0.15) is 5.01 Å². The molecule has 1 aliphatic carbocycles. The number of rotatable bonds is 8. The fourth-order valence-corrected chi connectivity index (χ4v) is 3.11. The monoisotopic (exact) mass is 347 g/mol. The predicted octanol–water partition coefficient (Wildman–Crippen LogP) is 3.86. The van der Waals surface area contributed by atoms with Gasteiger partial charge in [-0.25, -0.2) is 0 Å². The molecule has 1 aliphatic rings. The van der Waals surface area contributed by atoms with Crippen molar-refractivity contribution in [1.82, 2.24) is 10.2 Å². The number of carbonyl (C=O) groups is 1. The molecule has 0 atom stereocenters. The third-order valence-corrected chi connectivity index (χ3v) is 4.56. The quantitative estimate of drug-likeness (QED) is 0.785. The van der Waals surface area contributed by atoms with Crippen molar-refractivity contribution in [2.75, 3.05) is 18.5 Å². The van der Waals surface area contributed by atoms with Gasteiger partial charge in [0.15, 0.2) is 11.5 Å². The Morgan fingerprint density at radius 3 is 2.79 bits per heavy atom. The Labute approximate surface area is 145 Å².